The van der Waals surface area contributed by atoms with Gasteiger partial charge in [0.1, 0.15) is 5.75 Å². The van der Waals surface area contributed by atoms with Crippen molar-refractivity contribution in [3.63, 3.8) is 0 Å². The number of rotatable bonds is 4. The van der Waals surface area contributed by atoms with Gasteiger partial charge in [0.25, 0.3) is 0 Å². The average Bonchev–Trinajstić information content (AvgIpc) is 2.78. The molecule has 0 radical (unpaired) electrons. The second-order valence-electron chi connectivity index (χ2n) is 3.26. The number of para-hydroxylation sites is 1. The van der Waals surface area contributed by atoms with Crippen LogP contribution >= 0.6 is 11.6 Å². The Hall–Kier alpha value is -1.48. The Kier molecular flexibility index (Phi) is 3.47. The van der Waals surface area contributed by atoms with E-state index in [2.05, 4.69) is 4.98 Å². The highest BCUT2D eigenvalue weighted by Gasteiger charge is 2.10. The molecule has 0 atom stereocenters. The first kappa shape index (κ1) is 11.0. The molecule has 1 aromatic heterocycles. The third-order valence-electron chi connectivity index (χ3n) is 2.23. The molecular weight excluding hydrogens is 226 g/mol. The zero-order chi connectivity index (χ0) is 11.4. The summed E-state index contributed by atoms with van der Waals surface area (Å²) in [5, 5.41) is 0. The van der Waals surface area contributed by atoms with E-state index in [-0.39, 0.29) is 0 Å². The molecule has 0 unspecified atom stereocenters. The number of aromatic nitrogens is 1. The molecule has 0 aliphatic carbocycles. The van der Waals surface area contributed by atoms with Crippen molar-refractivity contribution in [1.29, 1.82) is 0 Å². The van der Waals surface area contributed by atoms with Crippen LogP contribution in [0.25, 0.3) is 11.3 Å². The second kappa shape index (κ2) is 5.03. The van der Waals surface area contributed by atoms with Gasteiger partial charge in [0.05, 0.1) is 18.9 Å². The largest absolute Gasteiger partial charge is 0.496 e. The fourth-order valence-electron chi connectivity index (χ4n) is 1.48. The lowest BCUT2D eigenvalue weighted by molar-refractivity contribution is 0.414. The Morgan fingerprint density at radius 2 is 2.19 bits per heavy atom. The van der Waals surface area contributed by atoms with E-state index >= 15 is 0 Å². The summed E-state index contributed by atoms with van der Waals surface area (Å²) in [4.78, 5) is 4.15. The van der Waals surface area contributed by atoms with Crippen LogP contribution in [0.4, 0.5) is 0 Å². The Morgan fingerprint density at radius 1 is 1.38 bits per heavy atom. The molecule has 0 spiro atoms. The Bertz CT molecular complexity index is 468. The summed E-state index contributed by atoms with van der Waals surface area (Å²) in [6.07, 6.45) is 2.33. The fraction of sp³-hybridized carbons (Fsp3) is 0.250. The molecule has 0 saturated carbocycles. The number of ether oxygens (including phenoxy) is 1. The van der Waals surface area contributed by atoms with E-state index in [4.69, 9.17) is 20.8 Å². The van der Waals surface area contributed by atoms with Crippen LogP contribution in [0.1, 0.15) is 5.89 Å². The molecule has 0 aliphatic rings. The van der Waals surface area contributed by atoms with Gasteiger partial charge in [-0.1, -0.05) is 12.1 Å². The van der Waals surface area contributed by atoms with E-state index in [1.54, 1.807) is 13.3 Å². The number of oxazole rings is 1. The van der Waals surface area contributed by atoms with E-state index in [0.29, 0.717) is 24.0 Å². The van der Waals surface area contributed by atoms with Crippen LogP contribution in [-0.4, -0.2) is 18.0 Å². The van der Waals surface area contributed by atoms with Gasteiger partial charge in [0.15, 0.2) is 11.7 Å². The molecule has 16 heavy (non-hydrogen) atoms. The van der Waals surface area contributed by atoms with Gasteiger partial charge in [-0.15, -0.1) is 11.6 Å². The Balaban J connectivity index is 2.34. The maximum Gasteiger partial charge on any atom is 0.196 e. The van der Waals surface area contributed by atoms with Crippen molar-refractivity contribution in [3.05, 3.63) is 36.4 Å². The van der Waals surface area contributed by atoms with Crippen molar-refractivity contribution in [3.8, 4) is 17.1 Å². The molecule has 2 aromatic rings. The second-order valence-corrected chi connectivity index (χ2v) is 3.64. The molecule has 0 fully saturated rings. The minimum Gasteiger partial charge on any atom is -0.496 e. The van der Waals surface area contributed by atoms with E-state index in [1.165, 1.54) is 0 Å². The average molecular weight is 238 g/mol. The number of aryl methyl sites for hydroxylation is 1. The lowest BCUT2D eigenvalue weighted by Crippen LogP contribution is -1.86. The van der Waals surface area contributed by atoms with Crippen LogP contribution < -0.4 is 4.74 Å². The topological polar surface area (TPSA) is 35.3 Å². The molecule has 1 heterocycles. The van der Waals surface area contributed by atoms with Gasteiger partial charge in [-0.3, -0.25) is 0 Å². The van der Waals surface area contributed by atoms with Gasteiger partial charge >= 0.3 is 0 Å². The third-order valence-corrected chi connectivity index (χ3v) is 2.42. The summed E-state index contributed by atoms with van der Waals surface area (Å²) in [7, 11) is 1.63. The van der Waals surface area contributed by atoms with E-state index in [9.17, 15) is 0 Å². The number of alkyl halides is 1. The SMILES string of the molecule is COc1ccccc1-c1cnc(CCCl)o1. The molecule has 3 nitrogen and oxygen atoms in total. The minimum atomic E-state index is 0.506. The predicted molar refractivity (Wildman–Crippen MR) is 62.9 cm³/mol. The smallest absolute Gasteiger partial charge is 0.196 e. The maximum atomic E-state index is 5.63. The molecular formula is C12H12ClNO2. The van der Waals surface area contributed by atoms with Crippen molar-refractivity contribution < 1.29 is 9.15 Å². The number of benzene rings is 1. The number of halogens is 1. The van der Waals surface area contributed by atoms with Crippen LogP contribution in [0.5, 0.6) is 5.75 Å². The van der Waals surface area contributed by atoms with Crippen LogP contribution in [0, 0.1) is 0 Å². The van der Waals surface area contributed by atoms with Gasteiger partial charge in [0.2, 0.25) is 0 Å². The Labute approximate surface area is 99.0 Å². The summed E-state index contributed by atoms with van der Waals surface area (Å²) in [6.45, 7) is 0. The van der Waals surface area contributed by atoms with E-state index in [0.717, 1.165) is 11.3 Å². The number of nitrogens with zero attached hydrogens (tertiary/aromatic N) is 1. The quantitative estimate of drug-likeness (QED) is 0.767. The standard InChI is InChI=1S/C12H12ClNO2/c1-15-10-5-3-2-4-9(10)11-8-14-12(16-11)6-7-13/h2-5,8H,6-7H2,1H3. The van der Waals surface area contributed by atoms with E-state index in [1.807, 2.05) is 24.3 Å². The first-order valence-electron chi connectivity index (χ1n) is 4.99. The van der Waals surface area contributed by atoms with Crippen LogP contribution in [-0.2, 0) is 6.42 Å². The number of hydrogen-bond donors (Lipinski definition) is 0. The van der Waals surface area contributed by atoms with Crippen molar-refractivity contribution in [2.45, 2.75) is 6.42 Å². The predicted octanol–water partition coefficient (Wildman–Crippen LogP) is 3.13. The molecule has 0 saturated heterocycles. The molecule has 84 valence electrons. The summed E-state index contributed by atoms with van der Waals surface area (Å²) in [5.74, 6) is 2.64. The van der Waals surface area contributed by atoms with Crippen LogP contribution in [0.15, 0.2) is 34.9 Å². The molecule has 0 amide bonds. The van der Waals surface area contributed by atoms with Crippen LogP contribution in [0.2, 0.25) is 0 Å². The van der Waals surface area contributed by atoms with Crippen LogP contribution in [0.3, 0.4) is 0 Å². The lowest BCUT2D eigenvalue weighted by atomic mass is 10.1. The lowest BCUT2D eigenvalue weighted by Gasteiger charge is -2.04. The van der Waals surface area contributed by atoms with Gasteiger partial charge in [0, 0.05) is 12.3 Å². The van der Waals surface area contributed by atoms with E-state index < -0.39 is 0 Å². The highest BCUT2D eigenvalue weighted by molar-refractivity contribution is 6.17. The molecule has 2 rings (SSSR count). The van der Waals surface area contributed by atoms with Crippen molar-refractivity contribution >= 4 is 11.6 Å². The fourth-order valence-corrected chi connectivity index (χ4v) is 1.64. The summed E-state index contributed by atoms with van der Waals surface area (Å²) >= 11 is 5.63. The molecule has 4 heteroatoms. The molecule has 0 N–H and O–H groups in total. The number of hydrogen-bond acceptors (Lipinski definition) is 3. The number of methoxy groups -OCH3 is 1. The highest BCUT2D eigenvalue weighted by atomic mass is 35.5. The van der Waals surface area contributed by atoms with Gasteiger partial charge in [-0.25, -0.2) is 4.98 Å². The maximum absolute atomic E-state index is 5.63. The van der Waals surface area contributed by atoms with Crippen molar-refractivity contribution in [1.82, 2.24) is 4.98 Å². The van der Waals surface area contributed by atoms with Gasteiger partial charge in [-0.05, 0) is 12.1 Å². The first-order chi connectivity index (χ1) is 7.85. The Morgan fingerprint density at radius 3 is 2.94 bits per heavy atom. The normalized spacial score (nSPS) is 10.4. The summed E-state index contributed by atoms with van der Waals surface area (Å²) < 4.78 is 10.8. The van der Waals surface area contributed by atoms with Gasteiger partial charge in [-0.2, -0.15) is 0 Å². The molecule has 0 bridgehead atoms. The molecule has 0 aliphatic heterocycles. The van der Waals surface area contributed by atoms with Crippen molar-refractivity contribution in [2.24, 2.45) is 0 Å². The first-order valence-corrected chi connectivity index (χ1v) is 5.52. The zero-order valence-electron chi connectivity index (χ0n) is 8.94. The minimum absolute atomic E-state index is 0.506. The monoisotopic (exact) mass is 237 g/mol. The van der Waals surface area contributed by atoms with Gasteiger partial charge < -0.3 is 9.15 Å². The summed E-state index contributed by atoms with van der Waals surface area (Å²) in [5.41, 5.74) is 0.901. The van der Waals surface area contributed by atoms with Crippen molar-refractivity contribution in [2.75, 3.05) is 13.0 Å². The highest BCUT2D eigenvalue weighted by Crippen LogP contribution is 2.29. The summed E-state index contributed by atoms with van der Waals surface area (Å²) in [6, 6.07) is 7.67. The zero-order valence-corrected chi connectivity index (χ0v) is 9.70. The third kappa shape index (κ3) is 2.19. The molecule has 1 aromatic carbocycles.